The van der Waals surface area contributed by atoms with Crippen LogP contribution in [0.2, 0.25) is 5.02 Å². The summed E-state index contributed by atoms with van der Waals surface area (Å²) >= 11 is 5.95. The summed E-state index contributed by atoms with van der Waals surface area (Å²) in [6.45, 7) is 2.73. The number of likely N-dealkylation sites (N-methyl/N-ethyl adjacent to an activating group) is 1. The van der Waals surface area contributed by atoms with Crippen LogP contribution in [-0.4, -0.2) is 66.8 Å². The van der Waals surface area contributed by atoms with Gasteiger partial charge in [0.2, 0.25) is 5.91 Å². The molecule has 1 fully saturated rings. The van der Waals surface area contributed by atoms with Crippen molar-refractivity contribution < 1.29 is 14.6 Å². The van der Waals surface area contributed by atoms with Gasteiger partial charge in [-0.05, 0) is 17.7 Å². The minimum Gasteiger partial charge on any atom is -0.394 e. The molecule has 0 bridgehead atoms. The highest BCUT2D eigenvalue weighted by Crippen LogP contribution is 2.12. The lowest BCUT2D eigenvalue weighted by Crippen LogP contribution is -2.48. The number of carbonyl (C=O) groups is 1. The van der Waals surface area contributed by atoms with Gasteiger partial charge in [0.1, 0.15) is 0 Å². The first-order valence-corrected chi connectivity index (χ1v) is 7.39. The van der Waals surface area contributed by atoms with Crippen molar-refractivity contribution in [1.29, 1.82) is 0 Å². The Bertz CT molecular complexity index is 484. The maximum Gasteiger partial charge on any atom is 0.236 e. The zero-order valence-corrected chi connectivity index (χ0v) is 12.9. The fourth-order valence-corrected chi connectivity index (χ4v) is 2.56. The number of ether oxygens (including phenoxy) is 1. The second kappa shape index (κ2) is 7.75. The summed E-state index contributed by atoms with van der Waals surface area (Å²) in [5.74, 6) is 0.0496. The van der Waals surface area contributed by atoms with Gasteiger partial charge in [0, 0.05) is 31.7 Å². The predicted molar refractivity (Wildman–Crippen MR) is 81.2 cm³/mol. The van der Waals surface area contributed by atoms with E-state index in [-0.39, 0.29) is 18.6 Å². The number of benzene rings is 1. The summed E-state index contributed by atoms with van der Waals surface area (Å²) in [6.07, 6.45) is -0.190. The van der Waals surface area contributed by atoms with Crippen LogP contribution in [0.15, 0.2) is 24.3 Å². The van der Waals surface area contributed by atoms with E-state index in [1.165, 1.54) is 0 Å². The topological polar surface area (TPSA) is 53.0 Å². The number of halogens is 1. The average molecular weight is 313 g/mol. The first-order valence-electron chi connectivity index (χ1n) is 7.01. The van der Waals surface area contributed by atoms with Gasteiger partial charge < -0.3 is 14.7 Å². The second-order valence-corrected chi connectivity index (χ2v) is 5.73. The van der Waals surface area contributed by atoms with Crippen LogP contribution in [-0.2, 0) is 16.1 Å². The van der Waals surface area contributed by atoms with E-state index >= 15 is 0 Å². The molecule has 5 nitrogen and oxygen atoms in total. The first-order chi connectivity index (χ1) is 10.1. The molecule has 1 unspecified atom stereocenters. The molecule has 0 radical (unpaired) electrons. The minimum atomic E-state index is -0.190. The van der Waals surface area contributed by atoms with Crippen molar-refractivity contribution in [2.75, 3.05) is 39.9 Å². The van der Waals surface area contributed by atoms with Crippen molar-refractivity contribution in [2.24, 2.45) is 0 Å². The summed E-state index contributed by atoms with van der Waals surface area (Å²) in [6, 6.07) is 7.51. The number of morpholine rings is 1. The van der Waals surface area contributed by atoms with Crippen molar-refractivity contribution in [1.82, 2.24) is 9.80 Å². The van der Waals surface area contributed by atoms with Gasteiger partial charge in [0.05, 0.1) is 25.9 Å². The Morgan fingerprint density at radius 1 is 1.57 bits per heavy atom. The number of aliphatic hydroxyl groups excluding tert-OH is 1. The largest absolute Gasteiger partial charge is 0.394 e. The lowest BCUT2D eigenvalue weighted by molar-refractivity contribution is -0.134. The normalized spacial score (nSPS) is 19.5. The van der Waals surface area contributed by atoms with Crippen LogP contribution in [0.25, 0.3) is 0 Å². The molecule has 1 saturated heterocycles. The number of amides is 1. The number of rotatable bonds is 5. The molecule has 0 aromatic heterocycles. The third-order valence-electron chi connectivity index (χ3n) is 3.52. The maximum atomic E-state index is 12.2. The van der Waals surface area contributed by atoms with Crippen LogP contribution < -0.4 is 0 Å². The van der Waals surface area contributed by atoms with E-state index in [1.807, 2.05) is 29.2 Å². The zero-order valence-electron chi connectivity index (χ0n) is 12.2. The molecule has 1 aliphatic heterocycles. The molecule has 1 aliphatic rings. The van der Waals surface area contributed by atoms with Gasteiger partial charge in [0.25, 0.3) is 0 Å². The van der Waals surface area contributed by atoms with Gasteiger partial charge in [-0.2, -0.15) is 0 Å². The SMILES string of the molecule is CN(Cc1cccc(Cl)c1)C(=O)CN1CCOC(CO)C1. The van der Waals surface area contributed by atoms with Crippen LogP contribution in [0, 0.1) is 0 Å². The van der Waals surface area contributed by atoms with Crippen molar-refractivity contribution in [3.8, 4) is 0 Å². The second-order valence-electron chi connectivity index (χ2n) is 5.29. The van der Waals surface area contributed by atoms with E-state index in [9.17, 15) is 4.79 Å². The Labute approximate surface area is 130 Å². The number of aliphatic hydroxyl groups is 1. The van der Waals surface area contributed by atoms with Gasteiger partial charge in [-0.15, -0.1) is 0 Å². The molecule has 6 heteroatoms. The van der Waals surface area contributed by atoms with Gasteiger partial charge in [-0.1, -0.05) is 23.7 Å². The fraction of sp³-hybridized carbons (Fsp3) is 0.533. The van der Waals surface area contributed by atoms with E-state index in [4.69, 9.17) is 21.4 Å². The highest BCUT2D eigenvalue weighted by molar-refractivity contribution is 6.30. The van der Waals surface area contributed by atoms with Gasteiger partial charge in [-0.3, -0.25) is 9.69 Å². The number of hydrogen-bond donors (Lipinski definition) is 1. The lowest BCUT2D eigenvalue weighted by atomic mass is 10.2. The molecule has 1 heterocycles. The average Bonchev–Trinajstić information content (AvgIpc) is 2.47. The smallest absolute Gasteiger partial charge is 0.236 e. The fourth-order valence-electron chi connectivity index (χ4n) is 2.34. The Kier molecular flexibility index (Phi) is 5.99. The van der Waals surface area contributed by atoms with Gasteiger partial charge in [-0.25, -0.2) is 0 Å². The number of hydrogen-bond acceptors (Lipinski definition) is 4. The molecule has 116 valence electrons. The lowest BCUT2D eigenvalue weighted by Gasteiger charge is -2.32. The molecule has 0 saturated carbocycles. The molecule has 1 N–H and O–H groups in total. The monoisotopic (exact) mass is 312 g/mol. The van der Waals surface area contributed by atoms with E-state index in [0.717, 1.165) is 5.56 Å². The van der Waals surface area contributed by atoms with Crippen LogP contribution in [0.3, 0.4) is 0 Å². The zero-order chi connectivity index (χ0) is 15.2. The van der Waals surface area contributed by atoms with Crippen molar-refractivity contribution in [2.45, 2.75) is 12.6 Å². The summed E-state index contributed by atoms with van der Waals surface area (Å²) < 4.78 is 5.38. The van der Waals surface area contributed by atoms with E-state index < -0.39 is 0 Å². The van der Waals surface area contributed by atoms with Gasteiger partial charge >= 0.3 is 0 Å². The minimum absolute atomic E-state index is 0.0109. The van der Waals surface area contributed by atoms with Crippen molar-refractivity contribution in [3.05, 3.63) is 34.9 Å². The quantitative estimate of drug-likeness (QED) is 0.881. The summed E-state index contributed by atoms with van der Waals surface area (Å²) in [5.41, 5.74) is 1.01. The van der Waals surface area contributed by atoms with E-state index in [1.54, 1.807) is 11.9 Å². The third kappa shape index (κ3) is 4.97. The summed E-state index contributed by atoms with van der Waals surface area (Å²) in [7, 11) is 1.78. The Morgan fingerprint density at radius 2 is 2.38 bits per heavy atom. The molecule has 2 rings (SSSR count). The summed E-state index contributed by atoms with van der Waals surface area (Å²) in [5, 5.41) is 9.79. The molecule has 1 amide bonds. The first kappa shape index (κ1) is 16.2. The molecular formula is C15H21ClN2O3. The highest BCUT2D eigenvalue weighted by atomic mass is 35.5. The van der Waals surface area contributed by atoms with Gasteiger partial charge in [0.15, 0.2) is 0 Å². The van der Waals surface area contributed by atoms with Crippen molar-refractivity contribution >= 4 is 17.5 Å². The van der Waals surface area contributed by atoms with Crippen LogP contribution in [0.5, 0.6) is 0 Å². The molecule has 21 heavy (non-hydrogen) atoms. The molecule has 1 aromatic carbocycles. The standard InChI is InChI=1S/C15H21ClN2O3/c1-17(8-12-3-2-4-13(16)7-12)15(20)10-18-5-6-21-14(9-18)11-19/h2-4,7,14,19H,5-6,8-11H2,1H3. The van der Waals surface area contributed by atoms with Crippen LogP contribution >= 0.6 is 11.6 Å². The maximum absolute atomic E-state index is 12.2. The predicted octanol–water partition coefficient (Wildman–Crippen LogP) is 0.991. The molecular weight excluding hydrogens is 292 g/mol. The number of carbonyl (C=O) groups excluding carboxylic acids is 1. The van der Waals surface area contributed by atoms with E-state index in [0.29, 0.717) is 37.8 Å². The Hall–Kier alpha value is -1.14. The van der Waals surface area contributed by atoms with Crippen LogP contribution in [0.4, 0.5) is 0 Å². The third-order valence-corrected chi connectivity index (χ3v) is 3.76. The molecule has 1 aromatic rings. The Balaban J connectivity index is 1.85. The van der Waals surface area contributed by atoms with Crippen molar-refractivity contribution in [3.63, 3.8) is 0 Å². The Morgan fingerprint density at radius 3 is 3.10 bits per heavy atom. The summed E-state index contributed by atoms with van der Waals surface area (Å²) in [4.78, 5) is 15.9. The van der Waals surface area contributed by atoms with Crippen LogP contribution in [0.1, 0.15) is 5.56 Å². The highest BCUT2D eigenvalue weighted by Gasteiger charge is 2.22. The molecule has 0 aliphatic carbocycles. The molecule has 0 spiro atoms. The van der Waals surface area contributed by atoms with E-state index in [2.05, 4.69) is 0 Å². The number of nitrogens with zero attached hydrogens (tertiary/aromatic N) is 2. The molecule has 1 atom stereocenters.